The number of H-pyrrole nitrogens is 1. The third-order valence-electron chi connectivity index (χ3n) is 2.09. The number of aromatic amines is 1. The fourth-order valence-electron chi connectivity index (χ4n) is 1.26. The first kappa shape index (κ1) is 9.80. The number of aliphatic carboxylic acids is 1. The third-order valence-corrected chi connectivity index (χ3v) is 2.09. The summed E-state index contributed by atoms with van der Waals surface area (Å²) in [6.07, 6.45) is 1.88. The minimum atomic E-state index is -0.811. The fourth-order valence-corrected chi connectivity index (χ4v) is 1.26. The van der Waals surface area contributed by atoms with Crippen molar-refractivity contribution >= 4 is 5.97 Å². The highest BCUT2D eigenvalue weighted by Crippen LogP contribution is 2.19. The first-order valence-electron chi connectivity index (χ1n) is 4.22. The van der Waals surface area contributed by atoms with Gasteiger partial charge in [0.15, 0.2) is 0 Å². The van der Waals surface area contributed by atoms with Gasteiger partial charge < -0.3 is 15.8 Å². The highest BCUT2D eigenvalue weighted by atomic mass is 16.4. The minimum absolute atomic E-state index is 0.0591. The van der Waals surface area contributed by atoms with Crippen molar-refractivity contribution in [2.24, 2.45) is 11.7 Å². The minimum Gasteiger partial charge on any atom is -0.481 e. The van der Waals surface area contributed by atoms with E-state index in [4.69, 9.17) is 10.8 Å². The maximum Gasteiger partial charge on any atom is 0.303 e. The van der Waals surface area contributed by atoms with E-state index in [1.54, 1.807) is 6.20 Å². The van der Waals surface area contributed by atoms with E-state index in [2.05, 4.69) is 4.98 Å². The van der Waals surface area contributed by atoms with Crippen LogP contribution in [0.15, 0.2) is 18.3 Å². The van der Waals surface area contributed by atoms with E-state index in [-0.39, 0.29) is 18.4 Å². The zero-order valence-corrected chi connectivity index (χ0v) is 7.53. The molecule has 0 bridgehead atoms. The highest BCUT2D eigenvalue weighted by Gasteiger charge is 2.17. The molecule has 0 amide bonds. The second-order valence-corrected chi connectivity index (χ2v) is 3.23. The maximum atomic E-state index is 10.4. The molecule has 72 valence electrons. The largest absolute Gasteiger partial charge is 0.481 e. The van der Waals surface area contributed by atoms with Crippen molar-refractivity contribution in [1.82, 2.24) is 4.98 Å². The quantitative estimate of drug-likeness (QED) is 0.653. The number of nitrogens with two attached hydrogens (primary N) is 1. The summed E-state index contributed by atoms with van der Waals surface area (Å²) in [6.45, 7) is 1.83. The molecule has 1 aromatic rings. The summed E-state index contributed by atoms with van der Waals surface area (Å²) < 4.78 is 0. The predicted molar refractivity (Wildman–Crippen MR) is 49.1 cm³/mol. The van der Waals surface area contributed by atoms with Gasteiger partial charge in [-0.25, -0.2) is 0 Å². The first-order chi connectivity index (χ1) is 6.11. The Balaban J connectivity index is 2.57. The van der Waals surface area contributed by atoms with Crippen LogP contribution in [0.25, 0.3) is 0 Å². The van der Waals surface area contributed by atoms with E-state index in [0.717, 1.165) is 5.69 Å². The summed E-state index contributed by atoms with van der Waals surface area (Å²) in [5, 5.41) is 8.56. The number of nitrogens with one attached hydrogen (secondary N) is 1. The second kappa shape index (κ2) is 4.09. The van der Waals surface area contributed by atoms with Gasteiger partial charge in [-0.3, -0.25) is 4.79 Å². The molecule has 4 nitrogen and oxygen atoms in total. The molecule has 2 unspecified atom stereocenters. The summed E-state index contributed by atoms with van der Waals surface area (Å²) in [6, 6.07) is 3.48. The summed E-state index contributed by atoms with van der Waals surface area (Å²) in [5.74, 6) is -0.870. The normalized spacial score (nSPS) is 15.2. The standard InChI is InChI=1S/C9H14N2O2/c1-6(5-8(12)13)9(10)7-3-2-4-11-7/h2-4,6,9,11H,5,10H2,1H3,(H,12,13). The Labute approximate surface area is 76.8 Å². The summed E-state index contributed by atoms with van der Waals surface area (Å²) in [7, 11) is 0. The molecule has 1 heterocycles. The Kier molecular flexibility index (Phi) is 3.08. The van der Waals surface area contributed by atoms with E-state index in [0.29, 0.717) is 0 Å². The molecule has 0 aromatic carbocycles. The van der Waals surface area contributed by atoms with E-state index in [1.165, 1.54) is 0 Å². The van der Waals surface area contributed by atoms with Gasteiger partial charge in [-0.2, -0.15) is 0 Å². The lowest BCUT2D eigenvalue weighted by molar-refractivity contribution is -0.138. The topological polar surface area (TPSA) is 79.1 Å². The van der Waals surface area contributed by atoms with Crippen molar-refractivity contribution in [3.63, 3.8) is 0 Å². The lowest BCUT2D eigenvalue weighted by atomic mass is 9.97. The van der Waals surface area contributed by atoms with Gasteiger partial charge in [0.05, 0.1) is 0 Å². The van der Waals surface area contributed by atoms with Gasteiger partial charge in [0.1, 0.15) is 0 Å². The molecule has 4 N–H and O–H groups in total. The molecule has 1 rings (SSSR count). The Morgan fingerprint density at radius 3 is 2.92 bits per heavy atom. The number of aromatic nitrogens is 1. The number of hydrogen-bond donors (Lipinski definition) is 3. The SMILES string of the molecule is CC(CC(=O)O)C(N)c1ccc[nH]1. The Bertz CT molecular complexity index is 269. The van der Waals surface area contributed by atoms with Crippen molar-refractivity contribution in [3.05, 3.63) is 24.0 Å². The number of carbonyl (C=O) groups is 1. The summed E-state index contributed by atoms with van der Waals surface area (Å²) in [4.78, 5) is 13.4. The van der Waals surface area contributed by atoms with Crippen LogP contribution < -0.4 is 5.73 Å². The first-order valence-corrected chi connectivity index (χ1v) is 4.22. The van der Waals surface area contributed by atoms with E-state index < -0.39 is 5.97 Å². The van der Waals surface area contributed by atoms with Crippen LogP contribution in [0.1, 0.15) is 25.1 Å². The van der Waals surface area contributed by atoms with E-state index in [1.807, 2.05) is 19.1 Å². The van der Waals surface area contributed by atoms with Crippen LogP contribution >= 0.6 is 0 Å². The molecule has 13 heavy (non-hydrogen) atoms. The van der Waals surface area contributed by atoms with Crippen molar-refractivity contribution in [2.45, 2.75) is 19.4 Å². The van der Waals surface area contributed by atoms with Gasteiger partial charge in [0.25, 0.3) is 0 Å². The molecular weight excluding hydrogens is 168 g/mol. The zero-order chi connectivity index (χ0) is 9.84. The molecule has 0 aliphatic heterocycles. The van der Waals surface area contributed by atoms with Crippen molar-refractivity contribution in [2.75, 3.05) is 0 Å². The number of hydrogen-bond acceptors (Lipinski definition) is 2. The van der Waals surface area contributed by atoms with Gasteiger partial charge in [-0.1, -0.05) is 6.92 Å². The van der Waals surface area contributed by atoms with Gasteiger partial charge in [0.2, 0.25) is 0 Å². The molecule has 0 aliphatic rings. The number of rotatable bonds is 4. The average molecular weight is 182 g/mol. The number of carboxylic acids is 1. The molecule has 0 aliphatic carbocycles. The van der Waals surface area contributed by atoms with Gasteiger partial charge in [-0.15, -0.1) is 0 Å². The van der Waals surface area contributed by atoms with Gasteiger partial charge in [-0.05, 0) is 18.1 Å². The average Bonchev–Trinajstić information content (AvgIpc) is 2.53. The predicted octanol–water partition coefficient (Wildman–Crippen LogP) is 1.13. The Hall–Kier alpha value is -1.29. The molecule has 0 fully saturated rings. The fraction of sp³-hybridized carbons (Fsp3) is 0.444. The van der Waals surface area contributed by atoms with Crippen molar-refractivity contribution < 1.29 is 9.90 Å². The number of carboxylic acid groups (broad SMARTS) is 1. The summed E-state index contributed by atoms with van der Waals surface area (Å²) >= 11 is 0. The summed E-state index contributed by atoms with van der Waals surface area (Å²) in [5.41, 5.74) is 6.72. The van der Waals surface area contributed by atoms with Crippen LogP contribution in [0.3, 0.4) is 0 Å². The maximum absolute atomic E-state index is 10.4. The molecule has 0 saturated heterocycles. The van der Waals surface area contributed by atoms with Crippen LogP contribution in [0.5, 0.6) is 0 Å². The Morgan fingerprint density at radius 1 is 1.77 bits per heavy atom. The molecule has 0 saturated carbocycles. The van der Waals surface area contributed by atoms with Crippen LogP contribution in [0.2, 0.25) is 0 Å². The van der Waals surface area contributed by atoms with Crippen LogP contribution in [-0.4, -0.2) is 16.1 Å². The van der Waals surface area contributed by atoms with Gasteiger partial charge in [0, 0.05) is 24.4 Å². The lowest BCUT2D eigenvalue weighted by Crippen LogP contribution is -2.21. The third kappa shape index (κ3) is 2.59. The van der Waals surface area contributed by atoms with Crippen LogP contribution in [-0.2, 0) is 4.79 Å². The second-order valence-electron chi connectivity index (χ2n) is 3.23. The molecule has 2 atom stereocenters. The monoisotopic (exact) mass is 182 g/mol. The lowest BCUT2D eigenvalue weighted by Gasteiger charge is -2.16. The van der Waals surface area contributed by atoms with Crippen LogP contribution in [0, 0.1) is 5.92 Å². The zero-order valence-electron chi connectivity index (χ0n) is 7.53. The molecule has 4 heteroatoms. The smallest absolute Gasteiger partial charge is 0.303 e. The molecular formula is C9H14N2O2. The molecule has 0 spiro atoms. The van der Waals surface area contributed by atoms with Crippen molar-refractivity contribution in [1.29, 1.82) is 0 Å². The van der Waals surface area contributed by atoms with Gasteiger partial charge >= 0.3 is 5.97 Å². The highest BCUT2D eigenvalue weighted by molar-refractivity contribution is 5.67. The molecule has 1 aromatic heterocycles. The van der Waals surface area contributed by atoms with E-state index in [9.17, 15) is 4.79 Å². The van der Waals surface area contributed by atoms with Crippen LogP contribution in [0.4, 0.5) is 0 Å². The molecule has 0 radical (unpaired) electrons. The van der Waals surface area contributed by atoms with E-state index >= 15 is 0 Å². The Morgan fingerprint density at radius 2 is 2.46 bits per heavy atom. The van der Waals surface area contributed by atoms with Crippen molar-refractivity contribution in [3.8, 4) is 0 Å².